The van der Waals surface area contributed by atoms with Crippen LogP contribution in [0, 0.1) is 13.8 Å². The number of aromatic nitrogens is 3. The van der Waals surface area contributed by atoms with E-state index < -0.39 is 0 Å². The van der Waals surface area contributed by atoms with E-state index in [4.69, 9.17) is 9.15 Å². The number of thioether (sulfide) groups is 1. The van der Waals surface area contributed by atoms with Gasteiger partial charge in [0.05, 0.1) is 18.6 Å². The third-order valence-electron chi connectivity index (χ3n) is 3.98. The highest BCUT2D eigenvalue weighted by atomic mass is 32.2. The zero-order chi connectivity index (χ0) is 19.2. The van der Waals surface area contributed by atoms with Crippen molar-refractivity contribution in [3.63, 3.8) is 0 Å². The van der Waals surface area contributed by atoms with Crippen molar-refractivity contribution < 1.29 is 13.9 Å². The fourth-order valence-corrected chi connectivity index (χ4v) is 3.19. The second-order valence-corrected chi connectivity index (χ2v) is 7.11. The third kappa shape index (κ3) is 5.13. The Balaban J connectivity index is 1.42. The highest BCUT2D eigenvalue weighted by Crippen LogP contribution is 2.20. The molecule has 1 N–H and O–H groups in total. The molecule has 0 saturated heterocycles. The minimum Gasteiger partial charge on any atom is -0.491 e. The van der Waals surface area contributed by atoms with Crippen LogP contribution < -0.4 is 4.74 Å². The molecule has 1 aromatic carbocycles. The molecule has 2 aromatic heterocycles. The number of hydrogen-bond donors (Lipinski definition) is 1. The quantitative estimate of drug-likeness (QED) is 0.598. The number of nitrogens with zero attached hydrogens (tertiary/aromatic N) is 3. The minimum absolute atomic E-state index is 0.00595. The van der Waals surface area contributed by atoms with Crippen molar-refractivity contribution in [3.05, 3.63) is 47.7 Å². The van der Waals surface area contributed by atoms with E-state index >= 15 is 0 Å². The van der Waals surface area contributed by atoms with Gasteiger partial charge in [0.2, 0.25) is 11.1 Å². The normalized spacial score (nSPS) is 10.8. The number of benzene rings is 1. The van der Waals surface area contributed by atoms with Crippen LogP contribution in [0.3, 0.4) is 0 Å². The van der Waals surface area contributed by atoms with E-state index in [9.17, 15) is 4.79 Å². The molecular formula is C19H22N4O3S. The molecule has 0 aliphatic rings. The number of aryl methyl sites for hydroxylation is 2. The van der Waals surface area contributed by atoms with E-state index in [1.807, 2.05) is 26.0 Å². The number of amides is 1. The number of ether oxygens (including phenoxy) is 1. The average molecular weight is 386 g/mol. The van der Waals surface area contributed by atoms with Crippen LogP contribution in [0.4, 0.5) is 0 Å². The molecule has 0 radical (unpaired) electrons. The summed E-state index contributed by atoms with van der Waals surface area (Å²) in [5.74, 6) is 2.26. The summed E-state index contributed by atoms with van der Waals surface area (Å²) in [5.41, 5.74) is 2.29. The maximum Gasteiger partial charge on any atom is 0.232 e. The van der Waals surface area contributed by atoms with Gasteiger partial charge in [-0.15, -0.1) is 5.10 Å². The zero-order valence-electron chi connectivity index (χ0n) is 15.6. The summed E-state index contributed by atoms with van der Waals surface area (Å²) in [4.78, 5) is 18.2. The van der Waals surface area contributed by atoms with Crippen LogP contribution in [-0.2, 0) is 4.79 Å². The first-order valence-electron chi connectivity index (χ1n) is 8.56. The molecule has 0 aliphatic heterocycles. The Bertz CT molecular complexity index is 892. The van der Waals surface area contributed by atoms with Crippen LogP contribution in [0.25, 0.3) is 11.6 Å². The fourth-order valence-electron chi connectivity index (χ4n) is 2.45. The van der Waals surface area contributed by atoms with Crippen molar-refractivity contribution >= 4 is 17.7 Å². The van der Waals surface area contributed by atoms with Crippen molar-refractivity contribution in [1.29, 1.82) is 0 Å². The van der Waals surface area contributed by atoms with Gasteiger partial charge in [0.15, 0.2) is 11.6 Å². The first-order valence-corrected chi connectivity index (χ1v) is 9.54. The van der Waals surface area contributed by atoms with Gasteiger partial charge in [-0.1, -0.05) is 29.5 Å². The number of H-pyrrole nitrogens is 1. The molecule has 2 heterocycles. The van der Waals surface area contributed by atoms with Gasteiger partial charge in [-0.25, -0.2) is 0 Å². The molecule has 3 aromatic rings. The van der Waals surface area contributed by atoms with Gasteiger partial charge in [-0.2, -0.15) is 4.98 Å². The van der Waals surface area contributed by atoms with Crippen molar-refractivity contribution in [2.75, 3.05) is 26.0 Å². The first kappa shape index (κ1) is 19.0. The van der Waals surface area contributed by atoms with Crippen LogP contribution in [0.15, 0.2) is 46.2 Å². The second-order valence-electron chi connectivity index (χ2n) is 6.17. The predicted molar refractivity (Wildman–Crippen MR) is 104 cm³/mol. The largest absolute Gasteiger partial charge is 0.491 e. The molecule has 0 saturated carbocycles. The van der Waals surface area contributed by atoms with Gasteiger partial charge in [-0.3, -0.25) is 9.89 Å². The summed E-state index contributed by atoms with van der Waals surface area (Å²) in [5, 5.41) is 7.40. The highest BCUT2D eigenvalue weighted by Gasteiger charge is 2.13. The van der Waals surface area contributed by atoms with Gasteiger partial charge < -0.3 is 14.1 Å². The van der Waals surface area contributed by atoms with Crippen LogP contribution in [-0.4, -0.2) is 51.9 Å². The van der Waals surface area contributed by atoms with E-state index in [0.717, 1.165) is 11.3 Å². The van der Waals surface area contributed by atoms with E-state index in [-0.39, 0.29) is 11.7 Å². The van der Waals surface area contributed by atoms with Crippen LogP contribution >= 0.6 is 11.8 Å². The molecule has 0 atom stereocenters. The maximum absolute atomic E-state index is 12.3. The van der Waals surface area contributed by atoms with Crippen molar-refractivity contribution in [2.24, 2.45) is 0 Å². The second kappa shape index (κ2) is 8.77. The molecule has 142 valence electrons. The van der Waals surface area contributed by atoms with Crippen molar-refractivity contribution in [1.82, 2.24) is 20.1 Å². The van der Waals surface area contributed by atoms with Gasteiger partial charge in [0.1, 0.15) is 12.4 Å². The molecule has 0 unspecified atom stereocenters. The number of furan rings is 1. The molecular weight excluding hydrogens is 364 g/mol. The Morgan fingerprint density at radius 1 is 1.33 bits per heavy atom. The topological polar surface area (TPSA) is 84.2 Å². The molecule has 0 spiro atoms. The molecule has 8 heteroatoms. The Morgan fingerprint density at radius 2 is 2.19 bits per heavy atom. The predicted octanol–water partition coefficient (Wildman–Crippen LogP) is 3.31. The van der Waals surface area contributed by atoms with E-state index in [0.29, 0.717) is 29.9 Å². The smallest absolute Gasteiger partial charge is 0.232 e. The van der Waals surface area contributed by atoms with Crippen LogP contribution in [0.5, 0.6) is 5.75 Å². The van der Waals surface area contributed by atoms with Gasteiger partial charge in [0, 0.05) is 7.05 Å². The van der Waals surface area contributed by atoms with Crippen molar-refractivity contribution in [3.8, 4) is 17.3 Å². The molecule has 0 bridgehead atoms. The summed E-state index contributed by atoms with van der Waals surface area (Å²) >= 11 is 1.28. The van der Waals surface area contributed by atoms with E-state index in [1.54, 1.807) is 30.3 Å². The summed E-state index contributed by atoms with van der Waals surface area (Å²) in [7, 11) is 1.76. The number of aromatic amines is 1. The highest BCUT2D eigenvalue weighted by molar-refractivity contribution is 7.99. The molecule has 3 rings (SSSR count). The Labute approximate surface area is 162 Å². The summed E-state index contributed by atoms with van der Waals surface area (Å²) < 4.78 is 11.0. The number of nitrogens with one attached hydrogen (secondary N) is 1. The lowest BCUT2D eigenvalue weighted by Crippen LogP contribution is -2.32. The third-order valence-corrected chi connectivity index (χ3v) is 4.82. The molecule has 7 nitrogen and oxygen atoms in total. The lowest BCUT2D eigenvalue weighted by molar-refractivity contribution is -0.127. The molecule has 27 heavy (non-hydrogen) atoms. The maximum atomic E-state index is 12.3. The average Bonchev–Trinajstić information content (AvgIpc) is 3.32. The summed E-state index contributed by atoms with van der Waals surface area (Å²) in [6.45, 7) is 5.02. The lowest BCUT2D eigenvalue weighted by Gasteiger charge is -2.17. The molecule has 0 fully saturated rings. The number of carbonyl (C=O) groups is 1. The Kier molecular flexibility index (Phi) is 6.18. The number of likely N-dealkylation sites (N-methyl/N-ethyl adjacent to an activating group) is 1. The summed E-state index contributed by atoms with van der Waals surface area (Å²) in [6, 6.07) is 9.63. The number of rotatable bonds is 8. The van der Waals surface area contributed by atoms with E-state index in [1.165, 1.54) is 17.3 Å². The first-order chi connectivity index (χ1) is 13.0. The monoisotopic (exact) mass is 386 g/mol. The SMILES string of the molecule is Cc1ccc(OCCN(C)C(=O)CSc2n[nH]c(-c3ccco3)n2)c(C)c1. The van der Waals surface area contributed by atoms with Gasteiger partial charge in [-0.05, 0) is 37.6 Å². The fraction of sp³-hybridized carbons (Fsp3) is 0.316. The molecule has 0 aliphatic carbocycles. The number of carbonyl (C=O) groups excluding carboxylic acids is 1. The Hall–Kier alpha value is -2.74. The number of hydrogen-bond acceptors (Lipinski definition) is 6. The zero-order valence-corrected chi connectivity index (χ0v) is 16.4. The van der Waals surface area contributed by atoms with Crippen molar-refractivity contribution in [2.45, 2.75) is 19.0 Å². The molecule has 1 amide bonds. The Morgan fingerprint density at radius 3 is 2.93 bits per heavy atom. The summed E-state index contributed by atoms with van der Waals surface area (Å²) in [6.07, 6.45) is 1.57. The lowest BCUT2D eigenvalue weighted by atomic mass is 10.1. The minimum atomic E-state index is -0.00595. The van der Waals surface area contributed by atoms with Gasteiger partial charge in [0.25, 0.3) is 0 Å². The standard InChI is InChI=1S/C19H22N4O3S/c1-13-6-7-15(14(2)11-13)26-10-8-23(3)17(24)12-27-19-20-18(21-22-19)16-5-4-9-25-16/h4-7,9,11H,8,10,12H2,1-3H3,(H,20,21,22). The van der Waals surface area contributed by atoms with Gasteiger partial charge >= 0.3 is 0 Å². The van der Waals surface area contributed by atoms with Crippen LogP contribution in [0.2, 0.25) is 0 Å². The van der Waals surface area contributed by atoms with Crippen LogP contribution in [0.1, 0.15) is 11.1 Å². The van der Waals surface area contributed by atoms with E-state index in [2.05, 4.69) is 21.2 Å².